The van der Waals surface area contributed by atoms with Crippen molar-refractivity contribution in [1.82, 2.24) is 9.80 Å². The lowest BCUT2D eigenvalue weighted by Gasteiger charge is -2.27. The molecule has 1 aliphatic heterocycles. The second-order valence-electron chi connectivity index (χ2n) is 7.82. The van der Waals surface area contributed by atoms with Gasteiger partial charge in [-0.25, -0.2) is 0 Å². The van der Waals surface area contributed by atoms with E-state index >= 15 is 0 Å². The van der Waals surface area contributed by atoms with Gasteiger partial charge in [0.25, 0.3) is 5.91 Å². The largest absolute Gasteiger partial charge is 0.508 e. The lowest BCUT2D eigenvalue weighted by molar-refractivity contribution is -0.129. The van der Waals surface area contributed by atoms with Crippen LogP contribution in [0.5, 0.6) is 5.75 Å². The number of aliphatic hydroxyl groups excluding tert-OH is 1. The molecule has 6 heteroatoms. The molecule has 3 rings (SSSR count). The number of carbonyl (C=O) groups excluding carboxylic acids is 2. The molecule has 1 atom stereocenters. The van der Waals surface area contributed by atoms with Gasteiger partial charge in [-0.1, -0.05) is 42.5 Å². The molecule has 1 amide bonds. The van der Waals surface area contributed by atoms with Gasteiger partial charge in [-0.15, -0.1) is 0 Å². The number of hydrogen-bond acceptors (Lipinski definition) is 5. The fourth-order valence-electron chi connectivity index (χ4n) is 3.81. The Morgan fingerprint density at radius 2 is 1.80 bits per heavy atom. The molecule has 30 heavy (non-hydrogen) atoms. The number of aromatic hydroxyl groups is 1. The first-order valence-corrected chi connectivity index (χ1v) is 10.1. The van der Waals surface area contributed by atoms with Gasteiger partial charge >= 0.3 is 0 Å². The van der Waals surface area contributed by atoms with Crippen LogP contribution in [0.3, 0.4) is 0 Å². The molecule has 2 aromatic rings. The second kappa shape index (κ2) is 9.59. The number of aliphatic hydroxyl groups is 1. The van der Waals surface area contributed by atoms with Crippen molar-refractivity contribution in [2.24, 2.45) is 0 Å². The van der Waals surface area contributed by atoms with Crippen molar-refractivity contribution in [2.45, 2.75) is 25.3 Å². The third-order valence-corrected chi connectivity index (χ3v) is 5.28. The molecule has 0 aromatic heterocycles. The smallest absolute Gasteiger partial charge is 0.290 e. The molecular formula is C24H28N2O4. The molecule has 0 saturated carbocycles. The second-order valence-corrected chi connectivity index (χ2v) is 7.82. The highest BCUT2D eigenvalue weighted by molar-refractivity contribution is 6.09. The minimum Gasteiger partial charge on any atom is -0.508 e. The maximum absolute atomic E-state index is 13.1. The third kappa shape index (κ3) is 4.89. The Kier molecular flexibility index (Phi) is 6.90. The molecule has 2 aromatic carbocycles. The molecule has 1 aliphatic rings. The lowest BCUT2D eigenvalue weighted by Crippen LogP contribution is -2.33. The van der Waals surface area contributed by atoms with Crippen LogP contribution in [0.4, 0.5) is 0 Å². The predicted molar refractivity (Wildman–Crippen MR) is 115 cm³/mol. The minimum atomic E-state index is -0.699. The number of carbonyl (C=O) groups is 2. The summed E-state index contributed by atoms with van der Waals surface area (Å²) in [6.07, 6.45) is 1.42. The van der Waals surface area contributed by atoms with Gasteiger partial charge in [-0.05, 0) is 56.7 Å². The highest BCUT2D eigenvalue weighted by Crippen LogP contribution is 2.39. The van der Waals surface area contributed by atoms with Crippen molar-refractivity contribution in [3.63, 3.8) is 0 Å². The Morgan fingerprint density at radius 1 is 1.07 bits per heavy atom. The predicted octanol–water partition coefficient (Wildman–Crippen LogP) is 3.24. The number of amides is 1. The van der Waals surface area contributed by atoms with Crippen molar-refractivity contribution in [2.75, 3.05) is 27.2 Å². The SMILES string of the molecule is CN(C)CCCN1C(=O)C(O)=C(C(=O)CCc2ccccc2)C1c1cccc(O)c1. The zero-order valence-electron chi connectivity index (χ0n) is 17.4. The molecule has 1 heterocycles. The van der Waals surface area contributed by atoms with E-state index in [-0.39, 0.29) is 23.5 Å². The number of phenols is 1. The first kappa shape index (κ1) is 21.6. The third-order valence-electron chi connectivity index (χ3n) is 5.28. The van der Waals surface area contributed by atoms with Crippen molar-refractivity contribution in [3.05, 3.63) is 77.1 Å². The van der Waals surface area contributed by atoms with E-state index in [9.17, 15) is 19.8 Å². The Morgan fingerprint density at radius 3 is 2.47 bits per heavy atom. The van der Waals surface area contributed by atoms with Crippen LogP contribution in [0.25, 0.3) is 0 Å². The van der Waals surface area contributed by atoms with Gasteiger partial charge in [0.05, 0.1) is 11.6 Å². The average Bonchev–Trinajstić information content (AvgIpc) is 2.97. The number of benzene rings is 2. The Labute approximate surface area is 177 Å². The lowest BCUT2D eigenvalue weighted by atomic mass is 9.93. The summed E-state index contributed by atoms with van der Waals surface area (Å²) in [6.45, 7) is 1.17. The van der Waals surface area contributed by atoms with Crippen molar-refractivity contribution in [3.8, 4) is 5.75 Å². The summed E-state index contributed by atoms with van der Waals surface area (Å²) in [5.74, 6) is -1.22. The van der Waals surface area contributed by atoms with E-state index < -0.39 is 17.7 Å². The maximum Gasteiger partial charge on any atom is 0.290 e. The van der Waals surface area contributed by atoms with Crippen LogP contribution in [-0.4, -0.2) is 58.9 Å². The van der Waals surface area contributed by atoms with Gasteiger partial charge < -0.3 is 20.0 Å². The number of Topliss-reactive ketones (excluding diaryl/α,β-unsaturated/α-hetero) is 1. The Balaban J connectivity index is 1.87. The van der Waals surface area contributed by atoms with Gasteiger partial charge in [-0.3, -0.25) is 9.59 Å². The summed E-state index contributed by atoms with van der Waals surface area (Å²) in [6, 6.07) is 15.5. The monoisotopic (exact) mass is 408 g/mol. The summed E-state index contributed by atoms with van der Waals surface area (Å²) in [4.78, 5) is 29.5. The highest BCUT2D eigenvalue weighted by atomic mass is 16.3. The van der Waals surface area contributed by atoms with E-state index in [0.717, 1.165) is 12.1 Å². The van der Waals surface area contributed by atoms with E-state index in [4.69, 9.17) is 0 Å². The summed E-state index contributed by atoms with van der Waals surface area (Å²) in [5, 5.41) is 20.5. The van der Waals surface area contributed by atoms with E-state index in [1.165, 1.54) is 11.0 Å². The van der Waals surface area contributed by atoms with Crippen LogP contribution in [0.15, 0.2) is 65.9 Å². The normalized spacial score (nSPS) is 16.6. The molecule has 0 saturated heterocycles. The van der Waals surface area contributed by atoms with Crippen LogP contribution < -0.4 is 0 Å². The Hall–Kier alpha value is -3.12. The summed E-state index contributed by atoms with van der Waals surface area (Å²) < 4.78 is 0. The molecule has 0 radical (unpaired) electrons. The summed E-state index contributed by atoms with van der Waals surface area (Å²) in [7, 11) is 3.90. The van der Waals surface area contributed by atoms with Crippen molar-refractivity contribution in [1.29, 1.82) is 0 Å². The van der Waals surface area contributed by atoms with Crippen molar-refractivity contribution >= 4 is 11.7 Å². The maximum atomic E-state index is 13.1. The number of aryl methyl sites for hydroxylation is 1. The molecule has 158 valence electrons. The first-order valence-electron chi connectivity index (χ1n) is 10.1. The molecular weight excluding hydrogens is 380 g/mol. The van der Waals surface area contributed by atoms with Gasteiger partial charge in [0, 0.05) is 13.0 Å². The summed E-state index contributed by atoms with van der Waals surface area (Å²) >= 11 is 0. The van der Waals surface area contributed by atoms with E-state index in [0.29, 0.717) is 24.9 Å². The molecule has 2 N–H and O–H groups in total. The number of phenolic OH excluding ortho intramolecular Hbond substituents is 1. The standard InChI is InChI=1S/C24H28N2O4/c1-25(2)14-7-15-26-22(18-10-6-11-19(27)16-18)21(23(29)24(26)30)20(28)13-12-17-8-4-3-5-9-17/h3-6,8-11,16,22,27,29H,7,12-15H2,1-2H3. The van der Waals surface area contributed by atoms with Crippen molar-refractivity contribution < 1.29 is 19.8 Å². The first-order chi connectivity index (χ1) is 14.4. The van der Waals surface area contributed by atoms with E-state index in [1.807, 2.05) is 49.3 Å². The topological polar surface area (TPSA) is 81.1 Å². The minimum absolute atomic E-state index is 0.0515. The average molecular weight is 408 g/mol. The fraction of sp³-hybridized carbons (Fsp3) is 0.333. The number of hydrogen-bond donors (Lipinski definition) is 2. The number of ketones is 1. The van der Waals surface area contributed by atoms with Crippen LogP contribution in [0, 0.1) is 0 Å². The zero-order valence-corrected chi connectivity index (χ0v) is 17.4. The molecule has 0 aliphatic carbocycles. The fourth-order valence-corrected chi connectivity index (χ4v) is 3.81. The molecule has 0 bridgehead atoms. The van der Waals surface area contributed by atoms with Crippen LogP contribution in [0.2, 0.25) is 0 Å². The summed E-state index contributed by atoms with van der Waals surface area (Å²) in [5.41, 5.74) is 1.75. The van der Waals surface area contributed by atoms with Crippen LogP contribution >= 0.6 is 0 Å². The molecule has 0 fully saturated rings. The van der Waals surface area contributed by atoms with Gasteiger partial charge in [-0.2, -0.15) is 0 Å². The molecule has 1 unspecified atom stereocenters. The van der Waals surface area contributed by atoms with Crippen LogP contribution in [-0.2, 0) is 16.0 Å². The van der Waals surface area contributed by atoms with Gasteiger partial charge in [0.2, 0.25) is 0 Å². The number of rotatable bonds is 9. The number of nitrogens with zero attached hydrogens (tertiary/aromatic N) is 2. The zero-order chi connectivity index (χ0) is 21.7. The molecule has 0 spiro atoms. The highest BCUT2D eigenvalue weighted by Gasteiger charge is 2.42. The van der Waals surface area contributed by atoms with Crippen LogP contribution in [0.1, 0.15) is 30.0 Å². The quantitative estimate of drug-likeness (QED) is 0.666. The Bertz CT molecular complexity index is 937. The van der Waals surface area contributed by atoms with Gasteiger partial charge in [0.15, 0.2) is 11.5 Å². The molecule has 6 nitrogen and oxygen atoms in total. The van der Waals surface area contributed by atoms with E-state index in [1.54, 1.807) is 18.2 Å². The van der Waals surface area contributed by atoms with E-state index in [2.05, 4.69) is 0 Å². The van der Waals surface area contributed by atoms with Gasteiger partial charge in [0.1, 0.15) is 5.75 Å².